The average molecular weight is 535 g/mol. The molecule has 0 aromatic heterocycles. The summed E-state index contributed by atoms with van der Waals surface area (Å²) in [5, 5.41) is 17.1. The van der Waals surface area contributed by atoms with Crippen molar-refractivity contribution in [1.29, 1.82) is 0 Å². The maximum absolute atomic E-state index is 13.2. The molecule has 0 radical (unpaired) electrons. The van der Waals surface area contributed by atoms with Crippen molar-refractivity contribution in [3.8, 4) is 0 Å². The normalized spacial score (nSPS) is 18.2. The van der Waals surface area contributed by atoms with Crippen LogP contribution in [-0.2, 0) is 26.2 Å². The molecule has 2 aromatic rings. The van der Waals surface area contributed by atoms with Gasteiger partial charge in [-0.3, -0.25) is 4.79 Å². The Morgan fingerprint density at radius 1 is 1.11 bits per heavy atom. The molecule has 1 saturated heterocycles. The topological polar surface area (TPSA) is 145 Å². The van der Waals surface area contributed by atoms with Gasteiger partial charge in [0.25, 0.3) is 0 Å². The second-order valence-electron chi connectivity index (χ2n) is 8.94. The Kier molecular flexibility index (Phi) is 8.64. The first-order chi connectivity index (χ1) is 16.9. The second-order valence-corrected chi connectivity index (χ2v) is 12.4. The Balaban J connectivity index is 1.66. The summed E-state index contributed by atoms with van der Waals surface area (Å²) in [5.74, 6) is -2.07. The zero-order valence-corrected chi connectivity index (χ0v) is 21.9. The van der Waals surface area contributed by atoms with Crippen LogP contribution in [0.4, 0.5) is 4.79 Å². The van der Waals surface area contributed by atoms with E-state index in [4.69, 9.17) is 0 Å². The lowest BCUT2D eigenvalue weighted by atomic mass is 10.0. The number of nitrogens with one attached hydrogen (secondary N) is 3. The smallest absolute Gasteiger partial charge is 0.328 e. The highest BCUT2D eigenvalue weighted by Crippen LogP contribution is 2.42. The number of aliphatic carboxylic acids is 1. The summed E-state index contributed by atoms with van der Waals surface area (Å²) in [4.78, 5) is 37.3. The zero-order chi connectivity index (χ0) is 26.5. The summed E-state index contributed by atoms with van der Waals surface area (Å²) in [7, 11) is -4.00. The third kappa shape index (κ3) is 6.56. The zero-order valence-electron chi connectivity index (χ0n) is 20.2. The second kappa shape index (κ2) is 11.3. The number of nitrogens with zero attached hydrogens (tertiary/aromatic N) is 1. The molecule has 36 heavy (non-hydrogen) atoms. The number of hydrogen-bond acceptors (Lipinski definition) is 6. The summed E-state index contributed by atoms with van der Waals surface area (Å²) in [5.41, 5.74) is 1.92. The predicted molar refractivity (Wildman–Crippen MR) is 137 cm³/mol. The van der Waals surface area contributed by atoms with Crippen LogP contribution >= 0.6 is 11.8 Å². The summed E-state index contributed by atoms with van der Waals surface area (Å²) >= 11 is 1.28. The van der Waals surface area contributed by atoms with Gasteiger partial charge in [-0.15, -0.1) is 11.8 Å². The van der Waals surface area contributed by atoms with Crippen LogP contribution in [0.15, 0.2) is 59.5 Å². The third-order valence-corrected chi connectivity index (χ3v) is 9.09. The van der Waals surface area contributed by atoms with Gasteiger partial charge < -0.3 is 21.1 Å². The number of urea groups is 1. The number of sulfonamides is 1. The number of carbonyl (C=O) groups is 3. The minimum absolute atomic E-state index is 0.0413. The number of aryl methyl sites for hydroxylation is 1. The Morgan fingerprint density at radius 3 is 2.44 bits per heavy atom. The van der Waals surface area contributed by atoms with Crippen LogP contribution in [0.3, 0.4) is 0 Å². The fraction of sp³-hybridized carbons (Fsp3) is 0.375. The Hall–Kier alpha value is -3.09. The van der Waals surface area contributed by atoms with Crippen LogP contribution in [-0.4, -0.2) is 65.0 Å². The number of benzene rings is 2. The summed E-state index contributed by atoms with van der Waals surface area (Å²) in [6, 6.07) is 12.1. The Labute approximate surface area is 214 Å². The lowest BCUT2D eigenvalue weighted by Gasteiger charge is -2.30. The minimum Gasteiger partial charge on any atom is -0.480 e. The summed E-state index contributed by atoms with van der Waals surface area (Å²) in [6.07, 6.45) is 0. The largest absolute Gasteiger partial charge is 0.480 e. The van der Waals surface area contributed by atoms with E-state index < -0.39 is 44.8 Å². The molecule has 2 unspecified atom stereocenters. The maximum Gasteiger partial charge on any atom is 0.328 e. The molecule has 0 spiro atoms. The van der Waals surface area contributed by atoms with Gasteiger partial charge in [-0.05, 0) is 38.5 Å². The molecule has 3 rings (SSSR count). The van der Waals surface area contributed by atoms with E-state index in [9.17, 15) is 27.9 Å². The van der Waals surface area contributed by atoms with E-state index in [1.54, 1.807) is 32.0 Å². The molecule has 0 aliphatic carbocycles. The van der Waals surface area contributed by atoms with Gasteiger partial charge in [0.1, 0.15) is 12.1 Å². The van der Waals surface area contributed by atoms with E-state index in [1.165, 1.54) is 23.9 Å². The maximum atomic E-state index is 13.2. The van der Waals surface area contributed by atoms with Gasteiger partial charge in [-0.1, -0.05) is 48.0 Å². The first-order valence-electron chi connectivity index (χ1n) is 11.2. The molecule has 1 heterocycles. The molecule has 0 bridgehead atoms. The van der Waals surface area contributed by atoms with E-state index >= 15 is 0 Å². The molecular formula is C24H30N4O6S2. The number of carbonyl (C=O) groups excluding carboxylic acids is 2. The van der Waals surface area contributed by atoms with Gasteiger partial charge in [0.2, 0.25) is 15.9 Å². The highest BCUT2D eigenvalue weighted by Gasteiger charge is 2.51. The van der Waals surface area contributed by atoms with Crippen LogP contribution < -0.4 is 16.0 Å². The van der Waals surface area contributed by atoms with E-state index in [1.807, 2.05) is 31.2 Å². The van der Waals surface area contributed by atoms with Crippen molar-refractivity contribution in [3.63, 3.8) is 0 Å². The third-order valence-electron chi connectivity index (χ3n) is 5.73. The molecule has 2 atom stereocenters. The molecular weight excluding hydrogens is 504 g/mol. The molecule has 0 saturated carbocycles. The number of carboxylic acid groups (broad SMARTS) is 1. The van der Waals surface area contributed by atoms with Crippen molar-refractivity contribution in [1.82, 2.24) is 20.3 Å². The highest BCUT2D eigenvalue weighted by molar-refractivity contribution is 8.02. The molecule has 1 fully saturated rings. The molecule has 1 aliphatic rings. The number of thioether (sulfide) groups is 1. The molecule has 12 heteroatoms. The minimum atomic E-state index is -4.00. The van der Waals surface area contributed by atoms with E-state index in [0.717, 1.165) is 15.4 Å². The van der Waals surface area contributed by atoms with Crippen LogP contribution in [0.1, 0.15) is 25.0 Å². The van der Waals surface area contributed by atoms with Crippen LogP contribution in [0.2, 0.25) is 0 Å². The molecule has 10 nitrogen and oxygen atoms in total. The van der Waals surface area contributed by atoms with Gasteiger partial charge in [-0.25, -0.2) is 18.0 Å². The first-order valence-corrected chi connectivity index (χ1v) is 13.7. The lowest BCUT2D eigenvalue weighted by Crippen LogP contribution is -2.58. The number of hydrogen-bond donors (Lipinski definition) is 4. The van der Waals surface area contributed by atoms with Crippen molar-refractivity contribution >= 4 is 39.7 Å². The Morgan fingerprint density at radius 2 is 1.81 bits per heavy atom. The van der Waals surface area contributed by atoms with E-state index in [2.05, 4.69) is 16.0 Å². The standard InChI is InChI=1S/C24H30N4O6S2/c1-16-8-7-9-17(12-16)13-25-23(32)26-14-19(22(30)31)27-21(29)20-24(2,3)35-15-28(20)36(33,34)18-10-5-4-6-11-18/h4-12,19-20H,13-15H2,1-3H3,(H,27,29)(H,30,31)(H2,25,26,32). The molecule has 4 N–H and O–H groups in total. The first kappa shape index (κ1) is 27.5. The lowest BCUT2D eigenvalue weighted by molar-refractivity contribution is -0.142. The molecule has 1 aliphatic heterocycles. The van der Waals surface area contributed by atoms with Crippen molar-refractivity contribution in [2.45, 2.75) is 49.0 Å². The van der Waals surface area contributed by atoms with E-state index in [0.29, 0.717) is 0 Å². The number of amides is 3. The van der Waals surface area contributed by atoms with Crippen molar-refractivity contribution in [3.05, 3.63) is 65.7 Å². The number of carboxylic acids is 1. The predicted octanol–water partition coefficient (Wildman–Crippen LogP) is 1.91. The van der Waals surface area contributed by atoms with Crippen LogP contribution in [0, 0.1) is 6.92 Å². The highest BCUT2D eigenvalue weighted by atomic mass is 32.2. The van der Waals surface area contributed by atoms with Crippen LogP contribution in [0.25, 0.3) is 0 Å². The fourth-order valence-corrected chi connectivity index (χ4v) is 7.01. The monoisotopic (exact) mass is 534 g/mol. The fourth-order valence-electron chi connectivity index (χ4n) is 3.83. The SMILES string of the molecule is Cc1cccc(CNC(=O)NCC(NC(=O)C2N(S(=O)(=O)c3ccccc3)CSC2(C)C)C(=O)O)c1. The van der Waals surface area contributed by atoms with Crippen molar-refractivity contribution in [2.24, 2.45) is 0 Å². The van der Waals surface area contributed by atoms with Gasteiger partial charge in [0, 0.05) is 11.3 Å². The van der Waals surface area contributed by atoms with Gasteiger partial charge in [0.05, 0.1) is 17.3 Å². The van der Waals surface area contributed by atoms with Crippen molar-refractivity contribution < 1.29 is 27.9 Å². The molecule has 3 amide bonds. The molecule has 2 aromatic carbocycles. The van der Waals surface area contributed by atoms with Crippen molar-refractivity contribution in [2.75, 3.05) is 12.4 Å². The van der Waals surface area contributed by atoms with Gasteiger partial charge >= 0.3 is 12.0 Å². The quantitative estimate of drug-likeness (QED) is 0.385. The molecule has 194 valence electrons. The van der Waals surface area contributed by atoms with Gasteiger partial charge in [-0.2, -0.15) is 4.31 Å². The summed E-state index contributed by atoms with van der Waals surface area (Å²) in [6.45, 7) is 5.26. The summed E-state index contributed by atoms with van der Waals surface area (Å²) < 4.78 is 26.7. The van der Waals surface area contributed by atoms with E-state index in [-0.39, 0.29) is 23.9 Å². The average Bonchev–Trinajstić information content (AvgIpc) is 3.16. The van der Waals surface area contributed by atoms with Gasteiger partial charge in [0.15, 0.2) is 0 Å². The number of rotatable bonds is 9. The van der Waals surface area contributed by atoms with Crippen LogP contribution in [0.5, 0.6) is 0 Å². The Bertz CT molecular complexity index is 1220.